The highest BCUT2D eigenvalue weighted by atomic mass is 32.2. The zero-order chi connectivity index (χ0) is 14.3. The van der Waals surface area contributed by atoms with E-state index in [1.54, 1.807) is 6.92 Å². The molecular formula is C13H19N3O3S. The number of anilines is 1. The Bertz CT molecular complexity index is 616. The van der Waals surface area contributed by atoms with Gasteiger partial charge in [0.05, 0.1) is 0 Å². The highest BCUT2D eigenvalue weighted by molar-refractivity contribution is 7.89. The Hall–Kier alpha value is -1.34. The van der Waals surface area contributed by atoms with Crippen molar-refractivity contribution in [2.75, 3.05) is 12.3 Å². The van der Waals surface area contributed by atoms with E-state index in [4.69, 9.17) is 10.3 Å². The number of sulfonamides is 1. The Morgan fingerprint density at radius 1 is 1.45 bits per heavy atom. The molecule has 1 saturated carbocycles. The highest BCUT2D eigenvalue weighted by Crippen LogP contribution is 2.40. The van der Waals surface area contributed by atoms with Crippen LogP contribution in [0.5, 0.6) is 0 Å². The summed E-state index contributed by atoms with van der Waals surface area (Å²) < 4.78 is 32.0. The van der Waals surface area contributed by atoms with E-state index in [0.29, 0.717) is 24.3 Å². The standard InChI is InChI=1S/C13H19N3O3S/c1-8-12(13(14)16-19-8)20(17,18)15-7-11-6-9-2-4-10(11)5-3-9/h2,4,9-11,15H,3,5-7H2,1H3,(H2,14,16). The number of aryl methyl sites for hydroxylation is 1. The molecule has 0 aromatic carbocycles. The molecule has 2 bridgehead atoms. The van der Waals surface area contributed by atoms with Crippen molar-refractivity contribution >= 4 is 15.8 Å². The smallest absolute Gasteiger partial charge is 0.247 e. The van der Waals surface area contributed by atoms with Crippen LogP contribution in [0, 0.1) is 24.7 Å². The third kappa shape index (κ3) is 2.35. The highest BCUT2D eigenvalue weighted by Gasteiger charge is 2.33. The van der Waals surface area contributed by atoms with Gasteiger partial charge in [-0.3, -0.25) is 0 Å². The van der Waals surface area contributed by atoms with Crippen molar-refractivity contribution < 1.29 is 12.9 Å². The monoisotopic (exact) mass is 297 g/mol. The van der Waals surface area contributed by atoms with Crippen LogP contribution in [0.2, 0.25) is 0 Å². The minimum atomic E-state index is -3.65. The second kappa shape index (κ2) is 4.89. The van der Waals surface area contributed by atoms with Crippen molar-refractivity contribution in [3.63, 3.8) is 0 Å². The SMILES string of the molecule is Cc1onc(N)c1S(=O)(=O)NCC1CC2C=CC1CC2. The molecule has 3 N–H and O–H groups in total. The first-order valence-corrected chi connectivity index (χ1v) is 8.35. The maximum Gasteiger partial charge on any atom is 0.247 e. The largest absolute Gasteiger partial charge is 0.380 e. The summed E-state index contributed by atoms with van der Waals surface area (Å²) >= 11 is 0. The van der Waals surface area contributed by atoms with Gasteiger partial charge in [-0.1, -0.05) is 17.3 Å². The van der Waals surface area contributed by atoms with Gasteiger partial charge in [0.2, 0.25) is 10.0 Å². The second-order valence-corrected chi connectivity index (χ2v) is 7.39. The van der Waals surface area contributed by atoms with Crippen molar-refractivity contribution in [2.45, 2.75) is 31.1 Å². The van der Waals surface area contributed by atoms with E-state index < -0.39 is 10.0 Å². The molecule has 3 aliphatic carbocycles. The molecule has 1 aromatic rings. The molecule has 0 aliphatic heterocycles. The normalized spacial score (nSPS) is 28.9. The molecule has 3 aliphatic rings. The molecule has 0 spiro atoms. The van der Waals surface area contributed by atoms with Gasteiger partial charge in [0.25, 0.3) is 0 Å². The van der Waals surface area contributed by atoms with E-state index in [0.717, 1.165) is 12.8 Å². The summed E-state index contributed by atoms with van der Waals surface area (Å²) in [7, 11) is -3.65. The van der Waals surface area contributed by atoms with Crippen LogP contribution in [0.15, 0.2) is 21.6 Å². The molecule has 1 fully saturated rings. The number of fused-ring (bicyclic) bond motifs is 2. The molecule has 7 heteroatoms. The van der Waals surface area contributed by atoms with E-state index >= 15 is 0 Å². The predicted octanol–water partition coefficient (Wildman–Crippen LogP) is 1.45. The number of nitrogens with zero attached hydrogens (tertiary/aromatic N) is 1. The fourth-order valence-electron chi connectivity index (χ4n) is 3.28. The average molecular weight is 297 g/mol. The van der Waals surface area contributed by atoms with Crippen molar-refractivity contribution in [3.8, 4) is 0 Å². The van der Waals surface area contributed by atoms with Gasteiger partial charge in [-0.2, -0.15) is 0 Å². The summed E-state index contributed by atoms with van der Waals surface area (Å²) in [5.41, 5.74) is 5.56. The molecule has 0 radical (unpaired) electrons. The Morgan fingerprint density at radius 3 is 2.75 bits per heavy atom. The molecule has 1 heterocycles. The van der Waals surface area contributed by atoms with E-state index in [2.05, 4.69) is 22.0 Å². The summed E-state index contributed by atoms with van der Waals surface area (Å²) in [6.07, 6.45) is 7.93. The van der Waals surface area contributed by atoms with Crippen molar-refractivity contribution in [1.29, 1.82) is 0 Å². The molecule has 20 heavy (non-hydrogen) atoms. The van der Waals surface area contributed by atoms with Crippen LogP contribution in [-0.4, -0.2) is 20.1 Å². The zero-order valence-corrected chi connectivity index (χ0v) is 12.2. The van der Waals surface area contributed by atoms with Crippen LogP contribution in [-0.2, 0) is 10.0 Å². The lowest BCUT2D eigenvalue weighted by Crippen LogP contribution is -2.37. The average Bonchev–Trinajstić information content (AvgIpc) is 2.78. The number of aromatic nitrogens is 1. The first-order valence-electron chi connectivity index (χ1n) is 6.87. The van der Waals surface area contributed by atoms with Crippen LogP contribution >= 0.6 is 0 Å². The fraction of sp³-hybridized carbons (Fsp3) is 0.615. The van der Waals surface area contributed by atoms with Gasteiger partial charge in [-0.05, 0) is 43.9 Å². The number of nitrogens with two attached hydrogens (primary N) is 1. The molecule has 6 nitrogen and oxygen atoms in total. The quantitative estimate of drug-likeness (QED) is 0.820. The lowest BCUT2D eigenvalue weighted by molar-refractivity contribution is 0.222. The lowest BCUT2D eigenvalue weighted by atomic mass is 9.69. The summed E-state index contributed by atoms with van der Waals surface area (Å²) in [4.78, 5) is -0.0333. The molecule has 0 amide bonds. The number of hydrogen-bond donors (Lipinski definition) is 2. The van der Waals surface area contributed by atoms with Crippen LogP contribution in [0.25, 0.3) is 0 Å². The van der Waals surface area contributed by atoms with E-state index in [9.17, 15) is 8.42 Å². The predicted molar refractivity (Wildman–Crippen MR) is 74.3 cm³/mol. The van der Waals surface area contributed by atoms with Crippen molar-refractivity contribution in [1.82, 2.24) is 9.88 Å². The fourth-order valence-corrected chi connectivity index (χ4v) is 4.59. The molecular weight excluding hydrogens is 278 g/mol. The molecule has 110 valence electrons. The summed E-state index contributed by atoms with van der Waals surface area (Å²) in [6, 6.07) is 0. The number of allylic oxidation sites excluding steroid dienone is 2. The first kappa shape index (κ1) is 13.6. The molecule has 1 aromatic heterocycles. The van der Waals surface area contributed by atoms with E-state index in [-0.39, 0.29) is 16.5 Å². The maximum atomic E-state index is 12.3. The molecule has 4 rings (SSSR count). The van der Waals surface area contributed by atoms with E-state index in [1.165, 1.54) is 6.42 Å². The van der Waals surface area contributed by atoms with Gasteiger partial charge in [0.15, 0.2) is 16.5 Å². The van der Waals surface area contributed by atoms with Gasteiger partial charge < -0.3 is 10.3 Å². The Balaban J connectivity index is 1.71. The van der Waals surface area contributed by atoms with Gasteiger partial charge in [-0.15, -0.1) is 0 Å². The molecule has 3 unspecified atom stereocenters. The van der Waals surface area contributed by atoms with E-state index in [1.807, 2.05) is 0 Å². The Labute approximate surface area is 118 Å². The minimum absolute atomic E-state index is 0.0333. The topological polar surface area (TPSA) is 98.2 Å². The number of nitrogen functional groups attached to an aromatic ring is 1. The Morgan fingerprint density at radius 2 is 2.25 bits per heavy atom. The Kier molecular flexibility index (Phi) is 3.33. The van der Waals surface area contributed by atoms with Crippen molar-refractivity contribution in [3.05, 3.63) is 17.9 Å². The number of hydrogen-bond acceptors (Lipinski definition) is 5. The van der Waals surface area contributed by atoms with Gasteiger partial charge in [0.1, 0.15) is 0 Å². The van der Waals surface area contributed by atoms with Gasteiger partial charge in [-0.25, -0.2) is 13.1 Å². The first-order chi connectivity index (χ1) is 9.47. The second-order valence-electron chi connectivity index (χ2n) is 5.69. The van der Waals surface area contributed by atoms with Crippen LogP contribution in [0.1, 0.15) is 25.0 Å². The molecule has 0 saturated heterocycles. The number of nitrogens with one attached hydrogen (secondary N) is 1. The zero-order valence-electron chi connectivity index (χ0n) is 11.4. The number of rotatable bonds is 4. The molecule has 3 atom stereocenters. The third-order valence-corrected chi connectivity index (χ3v) is 5.93. The maximum absolute atomic E-state index is 12.3. The lowest BCUT2D eigenvalue weighted by Gasteiger charge is -2.38. The van der Waals surface area contributed by atoms with Crippen LogP contribution in [0.3, 0.4) is 0 Å². The van der Waals surface area contributed by atoms with Gasteiger partial charge >= 0.3 is 0 Å². The van der Waals surface area contributed by atoms with Crippen LogP contribution in [0.4, 0.5) is 5.82 Å². The summed E-state index contributed by atoms with van der Waals surface area (Å²) in [5.74, 6) is 1.61. The van der Waals surface area contributed by atoms with Crippen molar-refractivity contribution in [2.24, 2.45) is 17.8 Å². The van der Waals surface area contributed by atoms with Gasteiger partial charge in [0, 0.05) is 6.54 Å². The third-order valence-electron chi connectivity index (χ3n) is 4.35. The summed E-state index contributed by atoms with van der Waals surface area (Å²) in [5, 5.41) is 3.49. The van der Waals surface area contributed by atoms with Crippen LogP contribution < -0.4 is 10.5 Å². The summed E-state index contributed by atoms with van der Waals surface area (Å²) in [6.45, 7) is 1.99. The minimum Gasteiger partial charge on any atom is -0.380 e.